The Kier molecular flexibility index (Phi) is 4.18. The molecule has 0 bridgehead atoms. The fourth-order valence-electron chi connectivity index (χ4n) is 2.52. The molecule has 1 aromatic carbocycles. The van der Waals surface area contributed by atoms with Crippen LogP contribution in [0.5, 0.6) is 0 Å². The van der Waals surface area contributed by atoms with E-state index in [2.05, 4.69) is 31.0 Å². The number of hydrogen-bond donors (Lipinski definition) is 1. The van der Waals surface area contributed by atoms with Crippen LogP contribution in [0.2, 0.25) is 5.02 Å². The molecule has 1 aliphatic rings. The highest BCUT2D eigenvalue weighted by Crippen LogP contribution is 2.37. The largest absolute Gasteiger partial charge is 0.371 e. The maximum atomic E-state index is 6.10. The third-order valence-corrected chi connectivity index (χ3v) is 4.11. The van der Waals surface area contributed by atoms with Crippen molar-refractivity contribution in [3.05, 3.63) is 28.8 Å². The molecule has 100 valence electrons. The van der Waals surface area contributed by atoms with Crippen molar-refractivity contribution in [3.8, 4) is 0 Å². The van der Waals surface area contributed by atoms with Gasteiger partial charge in [-0.15, -0.1) is 0 Å². The van der Waals surface area contributed by atoms with Crippen molar-refractivity contribution < 1.29 is 0 Å². The molecule has 0 aromatic heterocycles. The van der Waals surface area contributed by atoms with Gasteiger partial charge in [0.15, 0.2) is 0 Å². The van der Waals surface area contributed by atoms with Gasteiger partial charge in [-0.05, 0) is 62.8 Å². The molecule has 1 aromatic rings. The van der Waals surface area contributed by atoms with E-state index in [-0.39, 0.29) is 6.04 Å². The quantitative estimate of drug-likeness (QED) is 0.884. The lowest BCUT2D eigenvalue weighted by atomic mass is 10.0. The summed E-state index contributed by atoms with van der Waals surface area (Å²) in [6, 6.07) is 6.90. The number of rotatable bonds is 5. The summed E-state index contributed by atoms with van der Waals surface area (Å²) < 4.78 is 0. The highest BCUT2D eigenvalue weighted by atomic mass is 35.5. The minimum Gasteiger partial charge on any atom is -0.371 e. The number of nitrogens with two attached hydrogens (primary N) is 1. The first-order chi connectivity index (χ1) is 8.49. The van der Waals surface area contributed by atoms with Gasteiger partial charge in [0.1, 0.15) is 0 Å². The molecule has 2 N–H and O–H groups in total. The Hall–Kier alpha value is -0.730. The Morgan fingerprint density at radius 2 is 2.06 bits per heavy atom. The van der Waals surface area contributed by atoms with Crippen LogP contribution in [0.15, 0.2) is 18.2 Å². The van der Waals surface area contributed by atoms with E-state index < -0.39 is 0 Å². The normalized spacial score (nSPS) is 18.5. The summed E-state index contributed by atoms with van der Waals surface area (Å²) in [5.74, 6) is 0.855. The highest BCUT2D eigenvalue weighted by molar-refractivity contribution is 6.30. The second kappa shape index (κ2) is 5.50. The average Bonchev–Trinajstić information content (AvgIpc) is 3.10. The van der Waals surface area contributed by atoms with Gasteiger partial charge >= 0.3 is 0 Å². The molecule has 1 saturated carbocycles. The van der Waals surface area contributed by atoms with Crippen molar-refractivity contribution in [1.29, 1.82) is 0 Å². The van der Waals surface area contributed by atoms with E-state index in [1.54, 1.807) is 0 Å². The van der Waals surface area contributed by atoms with Crippen LogP contribution in [0.4, 0.5) is 5.69 Å². The standard InChI is InChI=1S/C15H23ClN2/c1-10(17)8-13-9-14(16)6-7-15(13)18(3)11(2)12-4-5-12/h6-7,9-12H,4-5,8,17H2,1-3H3. The molecule has 1 fully saturated rings. The topological polar surface area (TPSA) is 29.3 Å². The molecule has 0 aliphatic heterocycles. The molecule has 0 spiro atoms. The summed E-state index contributed by atoms with van der Waals surface area (Å²) in [5, 5.41) is 0.793. The number of benzene rings is 1. The average molecular weight is 267 g/mol. The zero-order valence-corrected chi connectivity index (χ0v) is 12.2. The van der Waals surface area contributed by atoms with E-state index in [0.717, 1.165) is 17.4 Å². The van der Waals surface area contributed by atoms with Crippen LogP contribution in [0.3, 0.4) is 0 Å². The molecule has 3 heteroatoms. The van der Waals surface area contributed by atoms with Crippen LogP contribution in [-0.4, -0.2) is 19.1 Å². The Bertz CT molecular complexity index is 413. The maximum absolute atomic E-state index is 6.10. The zero-order valence-electron chi connectivity index (χ0n) is 11.5. The molecular formula is C15H23ClN2. The number of anilines is 1. The van der Waals surface area contributed by atoms with Gasteiger partial charge in [-0.25, -0.2) is 0 Å². The molecule has 1 aliphatic carbocycles. The molecule has 2 unspecified atom stereocenters. The molecular weight excluding hydrogens is 244 g/mol. The van der Waals surface area contributed by atoms with E-state index in [9.17, 15) is 0 Å². The minimum atomic E-state index is 0.159. The predicted molar refractivity (Wildman–Crippen MR) is 79.4 cm³/mol. The molecule has 2 nitrogen and oxygen atoms in total. The first-order valence-corrected chi connectivity index (χ1v) is 7.13. The van der Waals surface area contributed by atoms with Gasteiger partial charge in [-0.3, -0.25) is 0 Å². The molecule has 18 heavy (non-hydrogen) atoms. The van der Waals surface area contributed by atoms with Crippen LogP contribution in [0.25, 0.3) is 0 Å². The second-order valence-corrected chi connectivity index (χ2v) is 6.08. The van der Waals surface area contributed by atoms with Gasteiger partial charge in [0.25, 0.3) is 0 Å². The number of hydrogen-bond acceptors (Lipinski definition) is 2. The van der Waals surface area contributed by atoms with Crippen molar-refractivity contribution in [2.24, 2.45) is 11.7 Å². The first-order valence-electron chi connectivity index (χ1n) is 6.76. The molecule has 0 saturated heterocycles. The van der Waals surface area contributed by atoms with E-state index >= 15 is 0 Å². The van der Waals surface area contributed by atoms with Crippen molar-refractivity contribution >= 4 is 17.3 Å². The van der Waals surface area contributed by atoms with Crippen LogP contribution in [0, 0.1) is 5.92 Å². The third-order valence-electron chi connectivity index (χ3n) is 3.88. The van der Waals surface area contributed by atoms with Gasteiger partial charge in [0.05, 0.1) is 0 Å². The van der Waals surface area contributed by atoms with Gasteiger partial charge < -0.3 is 10.6 Å². The SMILES string of the molecule is CC(N)Cc1cc(Cl)ccc1N(C)C(C)C1CC1. The Morgan fingerprint density at radius 3 is 2.61 bits per heavy atom. The van der Waals surface area contributed by atoms with E-state index in [0.29, 0.717) is 6.04 Å². The van der Waals surface area contributed by atoms with Crippen molar-refractivity contribution in [2.45, 2.75) is 45.2 Å². The lowest BCUT2D eigenvalue weighted by molar-refractivity contribution is 0.605. The van der Waals surface area contributed by atoms with E-state index in [4.69, 9.17) is 17.3 Å². The molecule has 0 radical (unpaired) electrons. The Balaban J connectivity index is 2.24. The summed E-state index contributed by atoms with van der Waals surface area (Å²) in [6.45, 7) is 4.34. The second-order valence-electron chi connectivity index (χ2n) is 5.64. The van der Waals surface area contributed by atoms with Crippen LogP contribution in [0.1, 0.15) is 32.3 Å². The van der Waals surface area contributed by atoms with Crippen molar-refractivity contribution in [2.75, 3.05) is 11.9 Å². The maximum Gasteiger partial charge on any atom is 0.0410 e. The van der Waals surface area contributed by atoms with Gasteiger partial charge in [-0.1, -0.05) is 11.6 Å². The Labute approximate surface area is 115 Å². The molecule has 2 atom stereocenters. The van der Waals surface area contributed by atoms with Crippen LogP contribution >= 0.6 is 11.6 Å². The molecule has 0 heterocycles. The smallest absolute Gasteiger partial charge is 0.0410 e. The summed E-state index contributed by atoms with van der Waals surface area (Å²) in [7, 11) is 2.18. The Morgan fingerprint density at radius 1 is 1.39 bits per heavy atom. The lowest BCUT2D eigenvalue weighted by Gasteiger charge is -2.29. The van der Waals surface area contributed by atoms with Crippen molar-refractivity contribution in [3.63, 3.8) is 0 Å². The fraction of sp³-hybridized carbons (Fsp3) is 0.600. The zero-order chi connectivity index (χ0) is 13.3. The summed E-state index contributed by atoms with van der Waals surface area (Å²) in [6.07, 6.45) is 3.60. The number of nitrogens with zero attached hydrogens (tertiary/aromatic N) is 1. The van der Waals surface area contributed by atoms with Crippen LogP contribution < -0.4 is 10.6 Å². The minimum absolute atomic E-state index is 0.159. The lowest BCUT2D eigenvalue weighted by Crippen LogP contribution is -2.32. The van der Waals surface area contributed by atoms with E-state index in [1.807, 2.05) is 13.0 Å². The molecule has 2 rings (SSSR count). The monoisotopic (exact) mass is 266 g/mol. The van der Waals surface area contributed by atoms with Gasteiger partial charge in [-0.2, -0.15) is 0 Å². The predicted octanol–water partition coefficient (Wildman–Crippen LogP) is 3.46. The third kappa shape index (κ3) is 3.18. The van der Waals surface area contributed by atoms with E-state index in [1.165, 1.54) is 24.1 Å². The summed E-state index contributed by atoms with van der Waals surface area (Å²) in [4.78, 5) is 2.38. The van der Waals surface area contributed by atoms with Crippen molar-refractivity contribution in [1.82, 2.24) is 0 Å². The highest BCUT2D eigenvalue weighted by Gasteiger charge is 2.31. The summed E-state index contributed by atoms with van der Waals surface area (Å²) in [5.41, 5.74) is 8.46. The summed E-state index contributed by atoms with van der Waals surface area (Å²) >= 11 is 6.10. The van der Waals surface area contributed by atoms with Gasteiger partial charge in [0, 0.05) is 29.8 Å². The molecule has 0 amide bonds. The van der Waals surface area contributed by atoms with Gasteiger partial charge in [0.2, 0.25) is 0 Å². The fourth-order valence-corrected chi connectivity index (χ4v) is 2.72. The first kappa shape index (κ1) is 13.7. The number of halogens is 1. The van der Waals surface area contributed by atoms with Crippen LogP contribution in [-0.2, 0) is 6.42 Å².